The molecule has 0 spiro atoms. The lowest BCUT2D eigenvalue weighted by Crippen LogP contribution is -2.36. The second kappa shape index (κ2) is 7.26. The fourth-order valence-electron chi connectivity index (χ4n) is 3.98. The molecule has 0 radical (unpaired) electrons. The van der Waals surface area contributed by atoms with Gasteiger partial charge in [0.1, 0.15) is 0 Å². The molecule has 0 aromatic carbocycles. The molecular formula is C18H34OSi. The van der Waals surface area contributed by atoms with E-state index in [-0.39, 0.29) is 0 Å². The summed E-state index contributed by atoms with van der Waals surface area (Å²) >= 11 is 0. The van der Waals surface area contributed by atoms with Crippen LogP contribution in [0.4, 0.5) is 0 Å². The van der Waals surface area contributed by atoms with Crippen LogP contribution in [0.2, 0.25) is 19.6 Å². The number of hydrogen-bond donors (Lipinski definition) is 0. The number of ether oxygens (including phenoxy) is 1. The van der Waals surface area contributed by atoms with Crippen molar-refractivity contribution in [1.82, 2.24) is 0 Å². The summed E-state index contributed by atoms with van der Waals surface area (Å²) < 4.78 is 6.49. The minimum atomic E-state index is -1.09. The molecule has 1 saturated carbocycles. The molecular weight excluding hydrogens is 260 g/mol. The van der Waals surface area contributed by atoms with Crippen LogP contribution in [-0.2, 0) is 4.74 Å². The normalized spacial score (nSPS) is 31.7. The quantitative estimate of drug-likeness (QED) is 0.603. The average molecular weight is 295 g/mol. The Balaban J connectivity index is 2.05. The summed E-state index contributed by atoms with van der Waals surface area (Å²) in [6, 6.07) is 0. The summed E-state index contributed by atoms with van der Waals surface area (Å²) in [5.41, 5.74) is 4.39. The van der Waals surface area contributed by atoms with Crippen LogP contribution in [0.1, 0.15) is 64.7 Å². The molecule has 2 fully saturated rings. The Morgan fingerprint density at radius 2 is 1.80 bits per heavy atom. The SMILES string of the molecule is CCC[C@H]1C/C(=C\[Si](C)(C)C)C[C@@H](C2CCCCC2)O1. The predicted molar refractivity (Wildman–Crippen MR) is 90.8 cm³/mol. The van der Waals surface area contributed by atoms with Crippen molar-refractivity contribution in [3.05, 3.63) is 11.3 Å². The Bertz CT molecular complexity index is 323. The van der Waals surface area contributed by atoms with Gasteiger partial charge in [-0.3, -0.25) is 0 Å². The van der Waals surface area contributed by atoms with E-state index in [4.69, 9.17) is 4.74 Å². The summed E-state index contributed by atoms with van der Waals surface area (Å²) in [4.78, 5) is 0. The highest BCUT2D eigenvalue weighted by atomic mass is 28.3. The van der Waals surface area contributed by atoms with Gasteiger partial charge in [0.15, 0.2) is 0 Å². The molecule has 1 aliphatic heterocycles. The molecule has 0 unspecified atom stereocenters. The van der Waals surface area contributed by atoms with Crippen LogP contribution in [0.5, 0.6) is 0 Å². The third kappa shape index (κ3) is 5.03. The van der Waals surface area contributed by atoms with E-state index in [0.717, 1.165) is 5.92 Å². The van der Waals surface area contributed by atoms with Gasteiger partial charge in [0.05, 0.1) is 20.3 Å². The maximum atomic E-state index is 6.49. The summed E-state index contributed by atoms with van der Waals surface area (Å²) in [6.07, 6.45) is 13.1. The molecule has 2 heteroatoms. The molecule has 0 N–H and O–H groups in total. The van der Waals surface area contributed by atoms with Crippen molar-refractivity contribution in [2.75, 3.05) is 0 Å². The van der Waals surface area contributed by atoms with Crippen LogP contribution in [-0.4, -0.2) is 20.3 Å². The highest BCUT2D eigenvalue weighted by Crippen LogP contribution is 2.37. The topological polar surface area (TPSA) is 9.23 Å². The van der Waals surface area contributed by atoms with E-state index in [1.807, 2.05) is 0 Å². The molecule has 1 saturated heterocycles. The van der Waals surface area contributed by atoms with Gasteiger partial charge in [-0.25, -0.2) is 0 Å². The first kappa shape index (κ1) is 16.3. The molecule has 1 nitrogen and oxygen atoms in total. The third-order valence-electron chi connectivity index (χ3n) is 4.74. The second-order valence-electron chi connectivity index (χ2n) is 8.06. The minimum absolute atomic E-state index is 0.503. The standard InChI is InChI=1S/C18H34OSi/c1-5-9-17-12-15(14-20(2,3)4)13-18(19-17)16-10-7-6-8-11-16/h14,16-18H,5-13H2,1-4H3/b15-14+/t17-,18-/m0/s1. The Morgan fingerprint density at radius 3 is 2.40 bits per heavy atom. The zero-order valence-electron chi connectivity index (χ0n) is 14.1. The van der Waals surface area contributed by atoms with E-state index in [0.29, 0.717) is 12.2 Å². The molecule has 116 valence electrons. The molecule has 2 aliphatic rings. The molecule has 0 amide bonds. The van der Waals surface area contributed by atoms with Crippen molar-refractivity contribution in [2.45, 2.75) is 96.6 Å². The first-order chi connectivity index (χ1) is 9.48. The van der Waals surface area contributed by atoms with Crippen molar-refractivity contribution >= 4 is 8.07 Å². The Morgan fingerprint density at radius 1 is 1.10 bits per heavy atom. The van der Waals surface area contributed by atoms with Crippen LogP contribution in [0.3, 0.4) is 0 Å². The average Bonchev–Trinajstić information content (AvgIpc) is 2.38. The van der Waals surface area contributed by atoms with Crippen LogP contribution in [0.25, 0.3) is 0 Å². The van der Waals surface area contributed by atoms with Crippen molar-refractivity contribution in [3.63, 3.8) is 0 Å². The fourth-order valence-corrected chi connectivity index (χ4v) is 5.44. The van der Waals surface area contributed by atoms with Gasteiger partial charge in [0.2, 0.25) is 0 Å². The van der Waals surface area contributed by atoms with E-state index in [9.17, 15) is 0 Å². The van der Waals surface area contributed by atoms with Gasteiger partial charge in [-0.2, -0.15) is 0 Å². The third-order valence-corrected chi connectivity index (χ3v) is 6.02. The van der Waals surface area contributed by atoms with Gasteiger partial charge < -0.3 is 4.74 Å². The molecule has 1 aliphatic carbocycles. The lowest BCUT2D eigenvalue weighted by Gasteiger charge is -2.38. The minimum Gasteiger partial charge on any atom is -0.374 e. The monoisotopic (exact) mass is 294 g/mol. The molecule has 20 heavy (non-hydrogen) atoms. The zero-order chi connectivity index (χ0) is 14.6. The predicted octanol–water partition coefficient (Wildman–Crippen LogP) is 5.72. The van der Waals surface area contributed by atoms with E-state index >= 15 is 0 Å². The Hall–Kier alpha value is -0.0831. The molecule has 0 aromatic rings. The summed E-state index contributed by atoms with van der Waals surface area (Å²) in [5, 5.41) is 0. The molecule has 2 atom stereocenters. The maximum Gasteiger partial charge on any atom is 0.0686 e. The van der Waals surface area contributed by atoms with Crippen molar-refractivity contribution in [1.29, 1.82) is 0 Å². The van der Waals surface area contributed by atoms with E-state index in [1.165, 1.54) is 57.8 Å². The number of hydrogen-bond acceptors (Lipinski definition) is 1. The Kier molecular flexibility index (Phi) is 5.92. The fraction of sp³-hybridized carbons (Fsp3) is 0.889. The summed E-state index contributed by atoms with van der Waals surface area (Å²) in [7, 11) is -1.09. The highest BCUT2D eigenvalue weighted by molar-refractivity contribution is 6.81. The van der Waals surface area contributed by atoms with E-state index in [1.54, 1.807) is 5.57 Å². The largest absolute Gasteiger partial charge is 0.374 e. The van der Waals surface area contributed by atoms with Gasteiger partial charge in [0.25, 0.3) is 0 Å². The van der Waals surface area contributed by atoms with E-state index < -0.39 is 8.07 Å². The van der Waals surface area contributed by atoms with Gasteiger partial charge in [-0.15, -0.1) is 0 Å². The van der Waals surface area contributed by atoms with Crippen LogP contribution < -0.4 is 0 Å². The van der Waals surface area contributed by atoms with Crippen LogP contribution in [0.15, 0.2) is 11.3 Å². The van der Waals surface area contributed by atoms with Gasteiger partial charge in [0, 0.05) is 0 Å². The second-order valence-corrected chi connectivity index (χ2v) is 13.1. The molecule has 2 rings (SSSR count). The van der Waals surface area contributed by atoms with Gasteiger partial charge in [-0.1, -0.05) is 63.5 Å². The molecule has 1 heterocycles. The summed E-state index contributed by atoms with van der Waals surface area (Å²) in [5.74, 6) is 0.841. The van der Waals surface area contributed by atoms with Gasteiger partial charge in [-0.05, 0) is 38.0 Å². The number of rotatable bonds is 4. The zero-order valence-corrected chi connectivity index (χ0v) is 15.1. The van der Waals surface area contributed by atoms with Crippen molar-refractivity contribution in [2.24, 2.45) is 5.92 Å². The molecule has 0 bridgehead atoms. The molecule has 0 aromatic heterocycles. The lowest BCUT2D eigenvalue weighted by molar-refractivity contribution is -0.0703. The van der Waals surface area contributed by atoms with Crippen LogP contribution in [0, 0.1) is 5.92 Å². The summed E-state index contributed by atoms with van der Waals surface area (Å²) in [6.45, 7) is 9.66. The maximum absolute atomic E-state index is 6.49. The van der Waals surface area contributed by atoms with Gasteiger partial charge >= 0.3 is 0 Å². The smallest absolute Gasteiger partial charge is 0.0686 e. The van der Waals surface area contributed by atoms with Crippen molar-refractivity contribution < 1.29 is 4.74 Å². The van der Waals surface area contributed by atoms with Crippen molar-refractivity contribution in [3.8, 4) is 0 Å². The first-order valence-corrected chi connectivity index (χ1v) is 12.4. The highest BCUT2D eigenvalue weighted by Gasteiger charge is 2.32. The van der Waals surface area contributed by atoms with E-state index in [2.05, 4.69) is 32.3 Å². The van der Waals surface area contributed by atoms with Crippen LogP contribution >= 0.6 is 0 Å². The Labute approximate surface area is 127 Å². The first-order valence-electron chi connectivity index (χ1n) is 8.84. The lowest BCUT2D eigenvalue weighted by atomic mass is 9.81.